The number of nitrogens with two attached hydrogens (primary N) is 1. The van der Waals surface area contributed by atoms with Gasteiger partial charge in [0.15, 0.2) is 5.82 Å². The Balaban J connectivity index is 0.00000408. The fourth-order valence-corrected chi connectivity index (χ4v) is 3.25. The van der Waals surface area contributed by atoms with Gasteiger partial charge in [0.2, 0.25) is 5.95 Å². The summed E-state index contributed by atoms with van der Waals surface area (Å²) >= 11 is 0. The molecule has 1 amide bonds. The predicted molar refractivity (Wildman–Crippen MR) is 129 cm³/mol. The summed E-state index contributed by atoms with van der Waals surface area (Å²) in [5, 5.41) is 29.9. The normalized spacial score (nSPS) is 15.9. The van der Waals surface area contributed by atoms with Gasteiger partial charge in [0.25, 0.3) is 11.5 Å². The fourth-order valence-electron chi connectivity index (χ4n) is 3.25. The standard InChI is InChI=1S/C20H25N7O6.Ca.2H/c1-9(18(30)31)6-13(19(32)33)25-16(28)10-2-4-11(5-3-10)22-7-12-8-23-15-14(24-12)17(29)27-20(21)26-15;;;/h2-5,9,12-13,22,24H,6-8H2,1H3,(H,25,28)(H,30,31)(H,32,33)(H4,21,23,26,27,29);;;. The van der Waals surface area contributed by atoms with E-state index in [4.69, 9.17) is 10.8 Å². The Kier molecular flexibility index (Phi) is 9.53. The number of nitrogens with zero attached hydrogens (tertiary/aromatic N) is 1. The Labute approximate surface area is 223 Å². The average molecular weight is 502 g/mol. The first-order valence-corrected chi connectivity index (χ1v) is 10.1. The molecule has 0 aliphatic carbocycles. The van der Waals surface area contributed by atoms with E-state index in [2.05, 4.69) is 31.2 Å². The van der Waals surface area contributed by atoms with E-state index < -0.39 is 29.8 Å². The van der Waals surface area contributed by atoms with Gasteiger partial charge in [0, 0.05) is 24.3 Å². The molecule has 1 aliphatic heterocycles. The zero-order valence-corrected chi connectivity index (χ0v) is 17.7. The number of H-pyrrole nitrogens is 1. The maximum atomic E-state index is 12.4. The van der Waals surface area contributed by atoms with E-state index in [0.29, 0.717) is 30.3 Å². The maximum absolute atomic E-state index is 12.4. The number of hydrogen-bond acceptors (Lipinski definition) is 9. The monoisotopic (exact) mass is 501 g/mol. The van der Waals surface area contributed by atoms with Crippen molar-refractivity contribution in [2.45, 2.75) is 25.4 Å². The van der Waals surface area contributed by atoms with Crippen LogP contribution in [-0.2, 0) is 9.59 Å². The summed E-state index contributed by atoms with van der Waals surface area (Å²) in [6.07, 6.45) is -0.230. The summed E-state index contributed by atoms with van der Waals surface area (Å²) in [6, 6.07) is 4.92. The van der Waals surface area contributed by atoms with E-state index in [1.807, 2.05) is 0 Å². The molecule has 1 aromatic carbocycles. The van der Waals surface area contributed by atoms with E-state index in [1.165, 1.54) is 19.1 Å². The molecule has 0 bridgehead atoms. The van der Waals surface area contributed by atoms with E-state index in [1.54, 1.807) is 12.1 Å². The van der Waals surface area contributed by atoms with Gasteiger partial charge in [0.1, 0.15) is 11.7 Å². The summed E-state index contributed by atoms with van der Waals surface area (Å²) in [7, 11) is 0. The van der Waals surface area contributed by atoms with Crippen molar-refractivity contribution in [3.63, 3.8) is 0 Å². The summed E-state index contributed by atoms with van der Waals surface area (Å²) < 4.78 is 0. The first-order valence-electron chi connectivity index (χ1n) is 10.1. The molecule has 0 spiro atoms. The SMILES string of the molecule is CC(CC(NC(=O)c1ccc(NCC2CNc3nc(N)[nH]c(=O)c3N2)cc1)C(=O)O)C(=O)O.[CaH2]. The Hall–Kier alpha value is -3.03. The number of anilines is 4. The molecular weight excluding hydrogens is 474 g/mol. The molecule has 0 fully saturated rings. The van der Waals surface area contributed by atoms with Crippen LogP contribution in [0.25, 0.3) is 0 Å². The van der Waals surface area contributed by atoms with E-state index in [9.17, 15) is 24.3 Å². The van der Waals surface area contributed by atoms with E-state index >= 15 is 0 Å². The summed E-state index contributed by atoms with van der Waals surface area (Å²) in [5.74, 6) is -3.56. The Morgan fingerprint density at radius 1 is 1.21 bits per heavy atom. The van der Waals surface area contributed by atoms with Crippen molar-refractivity contribution in [2.24, 2.45) is 5.92 Å². The van der Waals surface area contributed by atoms with E-state index in [-0.39, 0.29) is 67.3 Å². The van der Waals surface area contributed by atoms with Gasteiger partial charge in [-0.05, 0) is 30.7 Å². The fraction of sp³-hybridized carbons (Fsp3) is 0.350. The third-order valence-corrected chi connectivity index (χ3v) is 5.12. The Morgan fingerprint density at radius 2 is 1.88 bits per heavy atom. The Morgan fingerprint density at radius 3 is 2.50 bits per heavy atom. The van der Waals surface area contributed by atoms with Gasteiger partial charge < -0.3 is 37.2 Å². The number of carbonyl (C=O) groups excluding carboxylic acids is 1. The average Bonchev–Trinajstić information content (AvgIpc) is 2.77. The topological polar surface area (TPSA) is 212 Å². The second-order valence-electron chi connectivity index (χ2n) is 7.69. The summed E-state index contributed by atoms with van der Waals surface area (Å²) in [6.45, 7) is 2.33. The molecule has 3 atom stereocenters. The van der Waals surface area contributed by atoms with Crippen LogP contribution in [0.4, 0.5) is 23.1 Å². The molecule has 2 heterocycles. The van der Waals surface area contributed by atoms with Crippen LogP contribution < -0.4 is 32.6 Å². The van der Waals surface area contributed by atoms with Gasteiger partial charge in [-0.3, -0.25) is 19.4 Å². The molecule has 3 unspecified atom stereocenters. The van der Waals surface area contributed by atoms with Crippen LogP contribution >= 0.6 is 0 Å². The zero-order chi connectivity index (χ0) is 24.1. The van der Waals surface area contributed by atoms with Gasteiger partial charge in [-0.1, -0.05) is 6.92 Å². The number of nitrogens with one attached hydrogen (secondary N) is 5. The molecule has 9 N–H and O–H groups in total. The van der Waals surface area contributed by atoms with Crippen LogP contribution in [0, 0.1) is 5.92 Å². The summed E-state index contributed by atoms with van der Waals surface area (Å²) in [5.41, 5.74) is 6.40. The molecule has 14 heteroatoms. The number of carboxylic acids is 2. The predicted octanol–water partition coefficient (Wildman–Crippen LogP) is -0.952. The van der Waals surface area contributed by atoms with Crippen molar-refractivity contribution < 1.29 is 24.6 Å². The molecule has 0 saturated heterocycles. The van der Waals surface area contributed by atoms with E-state index in [0.717, 1.165) is 0 Å². The van der Waals surface area contributed by atoms with Crippen molar-refractivity contribution >= 4 is 78.7 Å². The van der Waals surface area contributed by atoms with Crippen molar-refractivity contribution in [3.8, 4) is 0 Å². The van der Waals surface area contributed by atoms with Gasteiger partial charge >= 0.3 is 49.7 Å². The van der Waals surface area contributed by atoms with Gasteiger partial charge in [-0.25, -0.2) is 4.79 Å². The molecule has 0 radical (unpaired) electrons. The number of amides is 1. The van der Waals surface area contributed by atoms with Crippen LogP contribution in [0.5, 0.6) is 0 Å². The minimum atomic E-state index is -1.32. The van der Waals surface area contributed by atoms with Crippen LogP contribution in [0.15, 0.2) is 29.1 Å². The van der Waals surface area contributed by atoms with Crippen molar-refractivity contribution in [2.75, 3.05) is 34.8 Å². The molecule has 0 saturated carbocycles. The molecular formula is C20H27CaN7O6. The number of aliphatic carboxylic acids is 2. The van der Waals surface area contributed by atoms with Crippen LogP contribution in [-0.4, -0.2) is 101 Å². The number of hydrogen-bond donors (Lipinski definition) is 8. The quantitative estimate of drug-likeness (QED) is 0.196. The second kappa shape index (κ2) is 11.9. The minimum absolute atomic E-state index is 0. The zero-order valence-electron chi connectivity index (χ0n) is 17.7. The second-order valence-corrected chi connectivity index (χ2v) is 7.69. The number of benzene rings is 1. The first-order chi connectivity index (χ1) is 15.6. The number of carbonyl (C=O) groups is 3. The number of fused-ring (bicyclic) bond motifs is 1. The molecule has 13 nitrogen and oxygen atoms in total. The molecule has 34 heavy (non-hydrogen) atoms. The van der Waals surface area contributed by atoms with Crippen molar-refractivity contribution in [1.29, 1.82) is 0 Å². The molecule has 3 rings (SSSR count). The number of carboxylic acid groups (broad SMARTS) is 2. The van der Waals surface area contributed by atoms with Gasteiger partial charge in [0.05, 0.1) is 12.0 Å². The number of nitrogen functional groups attached to an aromatic ring is 1. The van der Waals surface area contributed by atoms with Crippen LogP contribution in [0.2, 0.25) is 0 Å². The summed E-state index contributed by atoms with van der Waals surface area (Å²) in [4.78, 5) is 53.2. The van der Waals surface area contributed by atoms with Gasteiger partial charge in [-0.2, -0.15) is 4.98 Å². The number of aromatic nitrogens is 2. The molecule has 1 aliphatic rings. The molecule has 2 aromatic rings. The number of aromatic amines is 1. The molecule has 180 valence electrons. The van der Waals surface area contributed by atoms with Gasteiger partial charge in [-0.15, -0.1) is 0 Å². The number of rotatable bonds is 9. The molecule has 1 aromatic heterocycles. The van der Waals surface area contributed by atoms with Crippen LogP contribution in [0.3, 0.4) is 0 Å². The first kappa shape index (κ1) is 27.2. The van der Waals surface area contributed by atoms with Crippen LogP contribution in [0.1, 0.15) is 23.7 Å². The Bertz CT molecular complexity index is 1110. The van der Waals surface area contributed by atoms with Crippen molar-refractivity contribution in [1.82, 2.24) is 15.3 Å². The van der Waals surface area contributed by atoms with Crippen molar-refractivity contribution in [3.05, 3.63) is 40.2 Å². The third kappa shape index (κ3) is 6.98. The third-order valence-electron chi connectivity index (χ3n) is 5.12.